The second-order valence-electron chi connectivity index (χ2n) is 7.78. The molecular weight excluding hydrogens is 235 g/mol. The Morgan fingerprint density at radius 1 is 1.00 bits per heavy atom. The van der Waals surface area contributed by atoms with E-state index in [0.717, 1.165) is 12.8 Å². The van der Waals surface area contributed by atoms with Crippen molar-refractivity contribution in [2.75, 3.05) is 0 Å². The van der Waals surface area contributed by atoms with Gasteiger partial charge in [-0.2, -0.15) is 0 Å². The molecule has 0 radical (unpaired) electrons. The molecule has 110 valence electrons. The fourth-order valence-corrected chi connectivity index (χ4v) is 4.60. The number of rotatable bonds is 2. The maximum Gasteiger partial charge on any atom is 0.129 e. The van der Waals surface area contributed by atoms with Gasteiger partial charge in [0.15, 0.2) is 0 Å². The maximum absolute atomic E-state index is 15.1. The highest BCUT2D eigenvalue weighted by atomic mass is 19.1. The van der Waals surface area contributed by atoms with Crippen molar-refractivity contribution in [2.45, 2.75) is 72.9 Å². The van der Waals surface area contributed by atoms with Gasteiger partial charge in [0.1, 0.15) is 5.67 Å². The van der Waals surface area contributed by atoms with Crippen LogP contribution in [0.4, 0.5) is 4.39 Å². The van der Waals surface area contributed by atoms with Gasteiger partial charge in [-0.1, -0.05) is 40.2 Å². The molecule has 0 saturated heterocycles. The zero-order chi connectivity index (χ0) is 14.4. The minimum atomic E-state index is -1.05. The van der Waals surface area contributed by atoms with E-state index < -0.39 is 5.67 Å². The first kappa shape index (κ1) is 15.1. The lowest BCUT2D eigenvalue weighted by Gasteiger charge is -2.47. The van der Waals surface area contributed by atoms with Crippen LogP contribution >= 0.6 is 0 Å². The average molecular weight is 266 g/mol. The van der Waals surface area contributed by atoms with Gasteiger partial charge in [-0.05, 0) is 67.8 Å². The molecule has 0 N–H and O–H groups in total. The van der Waals surface area contributed by atoms with Crippen molar-refractivity contribution in [2.24, 2.45) is 29.6 Å². The molecule has 0 aromatic rings. The van der Waals surface area contributed by atoms with E-state index in [4.69, 9.17) is 0 Å². The number of halogens is 1. The van der Waals surface area contributed by atoms with Crippen molar-refractivity contribution in [1.82, 2.24) is 0 Å². The molecule has 4 atom stereocenters. The topological polar surface area (TPSA) is 0 Å². The first-order valence-electron chi connectivity index (χ1n) is 8.19. The van der Waals surface area contributed by atoms with Crippen LogP contribution in [0.25, 0.3) is 0 Å². The summed E-state index contributed by atoms with van der Waals surface area (Å²) in [5.41, 5.74) is 1.68. The molecule has 19 heavy (non-hydrogen) atoms. The Balaban J connectivity index is 2.54. The van der Waals surface area contributed by atoms with Crippen molar-refractivity contribution in [1.29, 1.82) is 0 Å². The lowest BCUT2D eigenvalue weighted by atomic mass is 9.59. The van der Waals surface area contributed by atoms with Crippen molar-refractivity contribution >= 4 is 0 Å². The van der Waals surface area contributed by atoms with E-state index in [9.17, 15) is 0 Å². The number of hydrogen-bond acceptors (Lipinski definition) is 0. The summed E-state index contributed by atoms with van der Waals surface area (Å²) in [5, 5.41) is 0. The minimum Gasteiger partial charge on any atom is -0.239 e. The molecular formula is C18H31F. The Kier molecular flexibility index (Phi) is 4.14. The van der Waals surface area contributed by atoms with E-state index >= 15 is 4.39 Å². The van der Waals surface area contributed by atoms with Gasteiger partial charge in [0.05, 0.1) is 0 Å². The van der Waals surface area contributed by atoms with E-state index in [-0.39, 0.29) is 0 Å². The predicted molar refractivity (Wildman–Crippen MR) is 80.8 cm³/mol. The Labute approximate surface area is 118 Å². The lowest BCUT2D eigenvalue weighted by molar-refractivity contribution is 0.133. The summed E-state index contributed by atoms with van der Waals surface area (Å²) >= 11 is 0. The fourth-order valence-electron chi connectivity index (χ4n) is 4.60. The van der Waals surface area contributed by atoms with Crippen molar-refractivity contribution in [3.63, 3.8) is 0 Å². The van der Waals surface area contributed by atoms with Gasteiger partial charge in [0, 0.05) is 0 Å². The fraction of sp³-hybridized carbons (Fsp3) is 0.889. The highest BCUT2D eigenvalue weighted by Crippen LogP contribution is 2.53. The van der Waals surface area contributed by atoms with Crippen LogP contribution in [0.3, 0.4) is 0 Å². The minimum absolute atomic E-state index is 0.446. The summed E-state index contributed by atoms with van der Waals surface area (Å²) < 4.78 is 15.1. The molecule has 0 amide bonds. The van der Waals surface area contributed by atoms with Crippen LogP contribution < -0.4 is 0 Å². The summed E-state index contributed by atoms with van der Waals surface area (Å²) in [5.74, 6) is 2.98. The smallest absolute Gasteiger partial charge is 0.129 e. The third kappa shape index (κ3) is 2.62. The quantitative estimate of drug-likeness (QED) is 0.556. The molecule has 0 saturated carbocycles. The monoisotopic (exact) mass is 266 g/mol. The SMILES string of the molecule is CC1CCC(C(C)C)C2=C1C(C)(F)CCC2C(C)C. The van der Waals surface area contributed by atoms with Crippen LogP contribution in [-0.4, -0.2) is 5.67 Å². The first-order valence-corrected chi connectivity index (χ1v) is 8.19. The van der Waals surface area contributed by atoms with E-state index in [2.05, 4.69) is 34.6 Å². The van der Waals surface area contributed by atoms with E-state index in [1.165, 1.54) is 24.0 Å². The lowest BCUT2D eigenvalue weighted by Crippen LogP contribution is -2.40. The van der Waals surface area contributed by atoms with E-state index in [1.807, 2.05) is 6.92 Å². The average Bonchev–Trinajstić information content (AvgIpc) is 2.27. The first-order chi connectivity index (χ1) is 8.75. The normalized spacial score (nSPS) is 39.9. The third-order valence-electron chi connectivity index (χ3n) is 5.61. The molecule has 0 aromatic carbocycles. The second kappa shape index (κ2) is 5.22. The molecule has 0 nitrogen and oxygen atoms in total. The van der Waals surface area contributed by atoms with Gasteiger partial charge in [-0.3, -0.25) is 0 Å². The van der Waals surface area contributed by atoms with Crippen LogP contribution in [0.15, 0.2) is 11.1 Å². The van der Waals surface area contributed by atoms with Gasteiger partial charge in [-0.15, -0.1) is 0 Å². The van der Waals surface area contributed by atoms with Gasteiger partial charge in [0.25, 0.3) is 0 Å². The van der Waals surface area contributed by atoms with Crippen LogP contribution in [-0.2, 0) is 0 Å². The van der Waals surface area contributed by atoms with Crippen LogP contribution in [0, 0.1) is 29.6 Å². The summed E-state index contributed by atoms with van der Waals surface area (Å²) in [6.07, 6.45) is 4.20. The third-order valence-corrected chi connectivity index (χ3v) is 5.61. The zero-order valence-corrected chi connectivity index (χ0v) is 13.6. The van der Waals surface area contributed by atoms with Gasteiger partial charge >= 0.3 is 0 Å². The van der Waals surface area contributed by atoms with Gasteiger partial charge in [0.2, 0.25) is 0 Å². The molecule has 0 spiro atoms. The largest absolute Gasteiger partial charge is 0.239 e. The Morgan fingerprint density at radius 2 is 1.53 bits per heavy atom. The van der Waals surface area contributed by atoms with E-state index in [1.54, 1.807) is 0 Å². The molecule has 0 heterocycles. The number of alkyl halides is 1. The van der Waals surface area contributed by atoms with Crippen molar-refractivity contribution < 1.29 is 4.39 Å². The molecule has 2 aliphatic rings. The molecule has 0 fully saturated rings. The Morgan fingerprint density at radius 3 is 2.05 bits per heavy atom. The highest BCUT2D eigenvalue weighted by Gasteiger charge is 2.45. The zero-order valence-electron chi connectivity index (χ0n) is 13.6. The standard InChI is InChI=1S/C18H31F/c1-11(2)14-8-7-13(5)17-16(14)15(12(3)4)9-10-18(17,6)19/h11-15H,7-10H2,1-6H3. The van der Waals surface area contributed by atoms with E-state index in [0.29, 0.717) is 29.6 Å². The summed E-state index contributed by atoms with van der Waals surface area (Å²) in [6, 6.07) is 0. The molecule has 2 aliphatic carbocycles. The maximum atomic E-state index is 15.1. The number of hydrogen-bond donors (Lipinski definition) is 0. The van der Waals surface area contributed by atoms with Crippen LogP contribution in [0.5, 0.6) is 0 Å². The summed E-state index contributed by atoms with van der Waals surface area (Å²) in [4.78, 5) is 0. The predicted octanol–water partition coefficient (Wildman–Crippen LogP) is 5.78. The summed E-state index contributed by atoms with van der Waals surface area (Å²) in [7, 11) is 0. The van der Waals surface area contributed by atoms with Gasteiger partial charge < -0.3 is 0 Å². The number of allylic oxidation sites excluding steroid dienone is 2. The van der Waals surface area contributed by atoms with Crippen LogP contribution in [0.2, 0.25) is 0 Å². The summed E-state index contributed by atoms with van der Waals surface area (Å²) in [6.45, 7) is 13.3. The van der Waals surface area contributed by atoms with Crippen LogP contribution in [0.1, 0.15) is 67.2 Å². The van der Waals surface area contributed by atoms with Gasteiger partial charge in [-0.25, -0.2) is 4.39 Å². The molecule has 2 rings (SSSR count). The van der Waals surface area contributed by atoms with Crippen molar-refractivity contribution in [3.05, 3.63) is 11.1 Å². The molecule has 0 aromatic heterocycles. The molecule has 0 bridgehead atoms. The Bertz CT molecular complexity index is 350. The highest BCUT2D eigenvalue weighted by molar-refractivity contribution is 5.34. The Hall–Kier alpha value is -0.330. The molecule has 1 heteroatoms. The van der Waals surface area contributed by atoms with Crippen molar-refractivity contribution in [3.8, 4) is 0 Å². The molecule has 4 unspecified atom stereocenters. The second-order valence-corrected chi connectivity index (χ2v) is 7.78. The molecule has 0 aliphatic heterocycles.